The number of carbonyl (C=O) groups is 1. The highest BCUT2D eigenvalue weighted by Gasteiger charge is 2.10. The Morgan fingerprint density at radius 3 is 2.54 bits per heavy atom. The molecule has 0 bridgehead atoms. The number of nitrogens with one attached hydrogen (secondary N) is 2. The van der Waals surface area contributed by atoms with Crippen molar-refractivity contribution in [2.24, 2.45) is 0 Å². The van der Waals surface area contributed by atoms with Gasteiger partial charge in [-0.15, -0.1) is 0 Å². The SMILES string of the molecule is COc1ccc2cc(C(=O)NCCc3ccc(OC(F)F)cc3)[nH]c2c1. The van der Waals surface area contributed by atoms with Crippen LogP contribution in [0.1, 0.15) is 16.1 Å². The van der Waals surface area contributed by atoms with E-state index in [-0.39, 0.29) is 11.7 Å². The minimum Gasteiger partial charge on any atom is -0.497 e. The Morgan fingerprint density at radius 2 is 1.85 bits per heavy atom. The molecule has 0 atom stereocenters. The van der Waals surface area contributed by atoms with E-state index in [1.807, 2.05) is 18.2 Å². The van der Waals surface area contributed by atoms with Crippen LogP contribution in [-0.2, 0) is 6.42 Å². The zero-order chi connectivity index (χ0) is 18.5. The van der Waals surface area contributed by atoms with Crippen molar-refractivity contribution >= 4 is 16.8 Å². The summed E-state index contributed by atoms with van der Waals surface area (Å²) in [4.78, 5) is 15.3. The van der Waals surface area contributed by atoms with Crippen LogP contribution in [0.25, 0.3) is 10.9 Å². The van der Waals surface area contributed by atoms with E-state index in [9.17, 15) is 13.6 Å². The molecule has 0 saturated carbocycles. The van der Waals surface area contributed by atoms with Gasteiger partial charge in [0.2, 0.25) is 0 Å². The number of aromatic amines is 1. The molecular weight excluding hydrogens is 342 g/mol. The number of ether oxygens (including phenoxy) is 2. The van der Waals surface area contributed by atoms with Gasteiger partial charge in [-0.25, -0.2) is 0 Å². The van der Waals surface area contributed by atoms with Crippen molar-refractivity contribution < 1.29 is 23.0 Å². The van der Waals surface area contributed by atoms with E-state index in [1.165, 1.54) is 12.1 Å². The number of rotatable bonds is 7. The highest BCUT2D eigenvalue weighted by molar-refractivity contribution is 5.98. The summed E-state index contributed by atoms with van der Waals surface area (Å²) in [5, 5.41) is 3.75. The molecule has 7 heteroatoms. The molecule has 1 amide bonds. The third kappa shape index (κ3) is 4.30. The van der Waals surface area contributed by atoms with Gasteiger partial charge in [-0.2, -0.15) is 8.78 Å². The van der Waals surface area contributed by atoms with Crippen molar-refractivity contribution in [1.82, 2.24) is 10.3 Å². The third-order valence-corrected chi connectivity index (χ3v) is 3.92. The Balaban J connectivity index is 1.55. The quantitative estimate of drug-likeness (QED) is 0.674. The van der Waals surface area contributed by atoms with Gasteiger partial charge >= 0.3 is 6.61 Å². The summed E-state index contributed by atoms with van der Waals surface area (Å²) in [6.45, 7) is -2.41. The van der Waals surface area contributed by atoms with Crippen LogP contribution in [0.4, 0.5) is 8.78 Å². The van der Waals surface area contributed by atoms with E-state index in [0.29, 0.717) is 24.4 Å². The fourth-order valence-corrected chi connectivity index (χ4v) is 2.61. The molecule has 0 fully saturated rings. The fourth-order valence-electron chi connectivity index (χ4n) is 2.61. The second kappa shape index (κ2) is 7.86. The van der Waals surface area contributed by atoms with Crippen LogP contribution >= 0.6 is 0 Å². The normalized spacial score (nSPS) is 10.9. The van der Waals surface area contributed by atoms with E-state index >= 15 is 0 Å². The van der Waals surface area contributed by atoms with Gasteiger partial charge in [0.25, 0.3) is 5.91 Å². The third-order valence-electron chi connectivity index (χ3n) is 3.92. The molecule has 1 heterocycles. The van der Waals surface area contributed by atoms with Gasteiger partial charge in [0, 0.05) is 23.5 Å². The molecule has 0 saturated heterocycles. The predicted octanol–water partition coefficient (Wildman–Crippen LogP) is 3.75. The predicted molar refractivity (Wildman–Crippen MR) is 94.0 cm³/mol. The summed E-state index contributed by atoms with van der Waals surface area (Å²) in [6, 6.07) is 13.7. The second-order valence-electron chi connectivity index (χ2n) is 5.66. The molecule has 1 aromatic heterocycles. The molecule has 0 spiro atoms. The Labute approximate surface area is 148 Å². The number of alkyl halides is 2. The van der Waals surface area contributed by atoms with E-state index < -0.39 is 6.61 Å². The summed E-state index contributed by atoms with van der Waals surface area (Å²) in [7, 11) is 1.59. The van der Waals surface area contributed by atoms with Gasteiger partial charge < -0.3 is 19.8 Å². The van der Waals surface area contributed by atoms with Crippen LogP contribution in [0.3, 0.4) is 0 Å². The molecule has 3 aromatic rings. The zero-order valence-corrected chi connectivity index (χ0v) is 14.1. The number of H-pyrrole nitrogens is 1. The van der Waals surface area contributed by atoms with E-state index in [4.69, 9.17) is 4.74 Å². The van der Waals surface area contributed by atoms with Crippen LogP contribution in [-0.4, -0.2) is 31.2 Å². The Morgan fingerprint density at radius 1 is 1.12 bits per heavy atom. The molecule has 0 aliphatic carbocycles. The maximum atomic E-state index is 12.3. The first-order chi connectivity index (χ1) is 12.5. The summed E-state index contributed by atoms with van der Waals surface area (Å²) in [5.41, 5.74) is 2.20. The lowest BCUT2D eigenvalue weighted by Gasteiger charge is -2.06. The van der Waals surface area contributed by atoms with Crippen LogP contribution in [0.2, 0.25) is 0 Å². The molecule has 136 valence electrons. The summed E-state index contributed by atoms with van der Waals surface area (Å²) in [6.07, 6.45) is 0.578. The molecule has 0 unspecified atom stereocenters. The molecule has 26 heavy (non-hydrogen) atoms. The van der Waals surface area contributed by atoms with Crippen LogP contribution in [0, 0.1) is 0 Å². The number of methoxy groups -OCH3 is 1. The number of halogens is 2. The Bertz CT molecular complexity index is 891. The van der Waals surface area contributed by atoms with E-state index in [1.54, 1.807) is 25.3 Å². The zero-order valence-electron chi connectivity index (χ0n) is 14.1. The standard InChI is InChI=1S/C19H18F2N2O3/c1-25-15-7-4-13-10-17(23-16(13)11-15)18(24)22-9-8-12-2-5-14(6-3-12)26-19(20)21/h2-7,10-11,19,23H,8-9H2,1H3,(H,22,24). The number of aromatic nitrogens is 1. The molecule has 2 aromatic carbocycles. The molecule has 2 N–H and O–H groups in total. The van der Waals surface area contributed by atoms with Gasteiger partial charge in [0.1, 0.15) is 17.2 Å². The molecular formula is C19H18F2N2O3. The lowest BCUT2D eigenvalue weighted by molar-refractivity contribution is -0.0498. The number of carbonyl (C=O) groups excluding carboxylic acids is 1. The average molecular weight is 360 g/mol. The highest BCUT2D eigenvalue weighted by atomic mass is 19.3. The fraction of sp³-hybridized carbons (Fsp3) is 0.211. The summed E-state index contributed by atoms with van der Waals surface area (Å²) in [5.74, 6) is 0.615. The number of fused-ring (bicyclic) bond motifs is 1. The maximum absolute atomic E-state index is 12.3. The van der Waals surface area contributed by atoms with Crippen LogP contribution in [0.5, 0.6) is 11.5 Å². The molecule has 0 radical (unpaired) electrons. The van der Waals surface area contributed by atoms with Crippen LogP contribution in [0.15, 0.2) is 48.5 Å². The molecule has 3 rings (SSSR count). The Hall–Kier alpha value is -3.09. The van der Waals surface area contributed by atoms with E-state index in [0.717, 1.165) is 16.5 Å². The summed E-state index contributed by atoms with van der Waals surface area (Å²) >= 11 is 0. The number of benzene rings is 2. The van der Waals surface area contributed by atoms with Gasteiger partial charge in [-0.3, -0.25) is 4.79 Å². The second-order valence-corrected chi connectivity index (χ2v) is 5.66. The first-order valence-electron chi connectivity index (χ1n) is 8.04. The van der Waals surface area contributed by atoms with Crippen molar-refractivity contribution in [3.8, 4) is 11.5 Å². The lowest BCUT2D eigenvalue weighted by Crippen LogP contribution is -2.25. The van der Waals surface area contributed by atoms with Crippen molar-refractivity contribution in [2.75, 3.05) is 13.7 Å². The van der Waals surface area contributed by atoms with Gasteiger partial charge in [-0.1, -0.05) is 12.1 Å². The number of hydrogen-bond acceptors (Lipinski definition) is 3. The monoisotopic (exact) mass is 360 g/mol. The average Bonchev–Trinajstić information content (AvgIpc) is 3.06. The van der Waals surface area contributed by atoms with Gasteiger partial charge in [0.05, 0.1) is 7.11 Å². The van der Waals surface area contributed by atoms with Crippen molar-refractivity contribution in [2.45, 2.75) is 13.0 Å². The Kier molecular flexibility index (Phi) is 5.36. The molecule has 0 aliphatic rings. The smallest absolute Gasteiger partial charge is 0.387 e. The van der Waals surface area contributed by atoms with Crippen molar-refractivity contribution in [1.29, 1.82) is 0 Å². The number of hydrogen-bond donors (Lipinski definition) is 2. The topological polar surface area (TPSA) is 63.4 Å². The molecule has 0 aliphatic heterocycles. The minimum absolute atomic E-state index is 0.112. The highest BCUT2D eigenvalue weighted by Crippen LogP contribution is 2.21. The molecule has 5 nitrogen and oxygen atoms in total. The summed E-state index contributed by atoms with van der Waals surface area (Å²) < 4.78 is 33.7. The first kappa shape index (κ1) is 17.7. The van der Waals surface area contributed by atoms with Gasteiger partial charge in [-0.05, 0) is 42.3 Å². The van der Waals surface area contributed by atoms with Crippen LogP contribution < -0.4 is 14.8 Å². The number of amides is 1. The largest absolute Gasteiger partial charge is 0.497 e. The lowest BCUT2D eigenvalue weighted by atomic mass is 10.1. The first-order valence-corrected chi connectivity index (χ1v) is 8.04. The van der Waals surface area contributed by atoms with Crippen molar-refractivity contribution in [3.63, 3.8) is 0 Å². The minimum atomic E-state index is -2.84. The van der Waals surface area contributed by atoms with E-state index in [2.05, 4.69) is 15.0 Å². The van der Waals surface area contributed by atoms with Gasteiger partial charge in [0.15, 0.2) is 0 Å². The maximum Gasteiger partial charge on any atom is 0.387 e. The van der Waals surface area contributed by atoms with Crippen molar-refractivity contribution in [3.05, 3.63) is 59.8 Å².